The van der Waals surface area contributed by atoms with Gasteiger partial charge in [-0.25, -0.2) is 4.68 Å². The maximum atomic E-state index is 13.2. The van der Waals surface area contributed by atoms with Crippen molar-refractivity contribution >= 4 is 23.0 Å². The highest BCUT2D eigenvalue weighted by molar-refractivity contribution is 6.33. The van der Waals surface area contributed by atoms with E-state index in [1.54, 1.807) is 31.2 Å². The van der Waals surface area contributed by atoms with Gasteiger partial charge in [0.1, 0.15) is 16.5 Å². The fourth-order valence-electron chi connectivity index (χ4n) is 6.23. The molecule has 4 fully saturated rings. The van der Waals surface area contributed by atoms with Gasteiger partial charge in [0.25, 0.3) is 5.56 Å². The Balaban J connectivity index is 1.48. The number of anilines is 2. The zero-order chi connectivity index (χ0) is 20.2. The van der Waals surface area contributed by atoms with E-state index in [-0.39, 0.29) is 16.1 Å². The number of methoxy groups -OCH3 is 2. The van der Waals surface area contributed by atoms with Gasteiger partial charge in [-0.15, -0.1) is 0 Å². The smallest absolute Gasteiger partial charge is 0.288 e. The van der Waals surface area contributed by atoms with Crippen LogP contribution >= 0.6 is 11.6 Å². The average molecular weight is 416 g/mol. The lowest BCUT2D eigenvalue weighted by molar-refractivity contribution is -0.0518. The third-order valence-corrected chi connectivity index (χ3v) is 7.42. The maximum absolute atomic E-state index is 13.2. The van der Waals surface area contributed by atoms with E-state index in [0.29, 0.717) is 22.9 Å². The molecular weight excluding hydrogens is 390 g/mol. The summed E-state index contributed by atoms with van der Waals surface area (Å²) >= 11 is 6.54. The van der Waals surface area contributed by atoms with Crippen LogP contribution in [0.5, 0.6) is 11.5 Å². The van der Waals surface area contributed by atoms with Crippen LogP contribution in [0.3, 0.4) is 0 Å². The van der Waals surface area contributed by atoms with Crippen molar-refractivity contribution in [3.05, 3.63) is 39.8 Å². The van der Waals surface area contributed by atoms with Crippen molar-refractivity contribution in [2.45, 2.75) is 44.1 Å². The van der Waals surface area contributed by atoms with Gasteiger partial charge >= 0.3 is 0 Å². The highest BCUT2D eigenvalue weighted by Gasteiger charge is 2.53. The summed E-state index contributed by atoms with van der Waals surface area (Å²) in [7, 11) is 3.19. The molecule has 29 heavy (non-hydrogen) atoms. The molecule has 2 aromatic rings. The van der Waals surface area contributed by atoms with Crippen LogP contribution < -0.4 is 20.3 Å². The Morgan fingerprint density at radius 3 is 2.31 bits per heavy atom. The number of rotatable bonds is 5. The molecule has 0 unspecified atom stereocenters. The Bertz CT molecular complexity index is 968. The Morgan fingerprint density at radius 1 is 1.07 bits per heavy atom. The lowest BCUT2D eigenvalue weighted by Crippen LogP contribution is -2.55. The first-order valence-electron chi connectivity index (χ1n) is 10.3. The second-order valence-corrected chi connectivity index (χ2v) is 9.30. The molecular formula is C22H26ClN3O3. The fourth-order valence-corrected chi connectivity index (χ4v) is 6.41. The SMILES string of the molecule is COc1ccc(Nc2cnn(C34CC5CC(CC(C5)C3)C4)c(=O)c2Cl)c(OC)c1. The first-order chi connectivity index (χ1) is 14.0. The number of ether oxygens (including phenoxy) is 2. The van der Waals surface area contributed by atoms with Gasteiger partial charge in [0, 0.05) is 6.07 Å². The van der Waals surface area contributed by atoms with Gasteiger partial charge in [-0.3, -0.25) is 4.79 Å². The topological polar surface area (TPSA) is 65.4 Å². The molecule has 4 aliphatic rings. The number of nitrogens with one attached hydrogen (secondary N) is 1. The second-order valence-electron chi connectivity index (χ2n) is 8.92. The van der Waals surface area contributed by atoms with Gasteiger partial charge in [-0.05, 0) is 68.4 Å². The van der Waals surface area contributed by atoms with Crippen molar-refractivity contribution in [3.63, 3.8) is 0 Å². The summed E-state index contributed by atoms with van der Waals surface area (Å²) in [5.74, 6) is 3.49. The van der Waals surface area contributed by atoms with Gasteiger partial charge in [0.2, 0.25) is 0 Å². The molecule has 0 atom stereocenters. The number of halogens is 1. The van der Waals surface area contributed by atoms with Crippen molar-refractivity contribution < 1.29 is 9.47 Å². The molecule has 1 aromatic carbocycles. The standard InChI is InChI=1S/C22H26ClN3O3/c1-28-16-3-4-17(19(8-16)29-2)25-18-12-24-26(21(27)20(18)23)22-9-13-5-14(10-22)7-15(6-13)11-22/h3-4,8,12-15,25H,5-7,9-11H2,1-2H3. The lowest BCUT2D eigenvalue weighted by Gasteiger charge is -2.56. The van der Waals surface area contributed by atoms with E-state index < -0.39 is 0 Å². The predicted octanol–water partition coefficient (Wildman–Crippen LogP) is 4.58. The Hall–Kier alpha value is -2.21. The van der Waals surface area contributed by atoms with E-state index in [2.05, 4.69) is 10.4 Å². The quantitative estimate of drug-likeness (QED) is 0.774. The van der Waals surface area contributed by atoms with Crippen molar-refractivity contribution in [2.24, 2.45) is 17.8 Å². The van der Waals surface area contributed by atoms with E-state index >= 15 is 0 Å². The second kappa shape index (κ2) is 6.94. The number of benzene rings is 1. The summed E-state index contributed by atoms with van der Waals surface area (Å²) in [5.41, 5.74) is 0.836. The lowest BCUT2D eigenvalue weighted by atomic mass is 9.53. The molecule has 0 amide bonds. The van der Waals surface area contributed by atoms with E-state index in [0.717, 1.165) is 37.0 Å². The van der Waals surface area contributed by atoms with Crippen LogP contribution in [0.15, 0.2) is 29.2 Å². The number of hydrogen-bond donors (Lipinski definition) is 1. The largest absolute Gasteiger partial charge is 0.497 e. The molecule has 0 aliphatic heterocycles. The van der Waals surface area contributed by atoms with Gasteiger partial charge in [0.05, 0.1) is 37.3 Å². The summed E-state index contributed by atoms with van der Waals surface area (Å²) in [6.07, 6.45) is 8.80. The van der Waals surface area contributed by atoms with E-state index in [9.17, 15) is 4.79 Å². The minimum Gasteiger partial charge on any atom is -0.497 e. The molecule has 1 heterocycles. The van der Waals surface area contributed by atoms with Gasteiger partial charge < -0.3 is 14.8 Å². The normalized spacial score (nSPS) is 29.7. The molecule has 4 bridgehead atoms. The van der Waals surface area contributed by atoms with Crippen LogP contribution in [0.4, 0.5) is 11.4 Å². The number of aromatic nitrogens is 2. The zero-order valence-electron chi connectivity index (χ0n) is 16.8. The van der Waals surface area contributed by atoms with E-state index in [1.807, 2.05) is 12.1 Å². The van der Waals surface area contributed by atoms with Crippen LogP contribution in [-0.4, -0.2) is 24.0 Å². The minimum absolute atomic E-state index is 0.147. The first kappa shape index (κ1) is 18.8. The highest BCUT2D eigenvalue weighted by atomic mass is 35.5. The Morgan fingerprint density at radius 2 is 1.72 bits per heavy atom. The molecule has 0 saturated heterocycles. The van der Waals surface area contributed by atoms with Crippen LogP contribution in [0.2, 0.25) is 5.02 Å². The van der Waals surface area contributed by atoms with Crippen LogP contribution in [-0.2, 0) is 5.54 Å². The Kier molecular flexibility index (Phi) is 4.50. The van der Waals surface area contributed by atoms with E-state index in [1.165, 1.54) is 19.3 Å². The molecule has 4 saturated carbocycles. The van der Waals surface area contributed by atoms with Crippen LogP contribution in [0, 0.1) is 17.8 Å². The molecule has 1 aromatic heterocycles. The van der Waals surface area contributed by atoms with Crippen molar-refractivity contribution in [3.8, 4) is 11.5 Å². The summed E-state index contributed by atoms with van der Waals surface area (Å²) < 4.78 is 12.4. The molecule has 7 heteroatoms. The molecule has 1 N–H and O–H groups in total. The molecule has 6 nitrogen and oxygen atoms in total. The third-order valence-electron chi connectivity index (χ3n) is 7.05. The van der Waals surface area contributed by atoms with Gasteiger partial charge in [-0.1, -0.05) is 11.6 Å². The zero-order valence-corrected chi connectivity index (χ0v) is 17.5. The van der Waals surface area contributed by atoms with Gasteiger partial charge in [0.15, 0.2) is 0 Å². The van der Waals surface area contributed by atoms with Crippen molar-refractivity contribution in [1.29, 1.82) is 0 Å². The number of hydrogen-bond acceptors (Lipinski definition) is 5. The van der Waals surface area contributed by atoms with Crippen LogP contribution in [0.1, 0.15) is 38.5 Å². The third kappa shape index (κ3) is 3.08. The van der Waals surface area contributed by atoms with Crippen molar-refractivity contribution in [2.75, 3.05) is 19.5 Å². The highest BCUT2D eigenvalue weighted by Crippen LogP contribution is 2.58. The summed E-state index contributed by atoms with van der Waals surface area (Å²) in [6, 6.07) is 5.43. The average Bonchev–Trinajstić information content (AvgIpc) is 2.70. The minimum atomic E-state index is -0.203. The first-order valence-corrected chi connectivity index (χ1v) is 10.7. The van der Waals surface area contributed by atoms with Gasteiger partial charge in [-0.2, -0.15) is 5.10 Å². The summed E-state index contributed by atoms with van der Waals surface area (Å²) in [5, 5.41) is 7.98. The number of nitrogens with zero attached hydrogens (tertiary/aromatic N) is 2. The van der Waals surface area contributed by atoms with Crippen LogP contribution in [0.25, 0.3) is 0 Å². The maximum Gasteiger partial charge on any atom is 0.288 e. The molecule has 6 rings (SSSR count). The molecule has 154 valence electrons. The summed E-state index contributed by atoms with van der Waals surface area (Å²) in [4.78, 5) is 13.2. The monoisotopic (exact) mass is 415 g/mol. The molecule has 0 spiro atoms. The van der Waals surface area contributed by atoms with E-state index in [4.69, 9.17) is 21.1 Å². The Labute approximate surface area is 175 Å². The fraction of sp³-hybridized carbons (Fsp3) is 0.545. The molecule has 4 aliphatic carbocycles. The predicted molar refractivity (Wildman–Crippen MR) is 112 cm³/mol. The molecule has 0 radical (unpaired) electrons. The van der Waals surface area contributed by atoms with Crippen molar-refractivity contribution in [1.82, 2.24) is 9.78 Å². The summed E-state index contributed by atoms with van der Waals surface area (Å²) in [6.45, 7) is 0.